The number of hydrogen-bond acceptors (Lipinski definition) is 3. The minimum Gasteiger partial charge on any atom is -0.399 e. The van der Waals surface area contributed by atoms with E-state index in [2.05, 4.69) is 24.0 Å². The summed E-state index contributed by atoms with van der Waals surface area (Å²) in [7, 11) is 0. The van der Waals surface area contributed by atoms with Crippen molar-refractivity contribution in [3.63, 3.8) is 0 Å². The van der Waals surface area contributed by atoms with Gasteiger partial charge in [0.05, 0.1) is 10.6 Å². The number of hydrogen-bond donors (Lipinski definition) is 1. The minimum atomic E-state index is 0.743. The van der Waals surface area contributed by atoms with Gasteiger partial charge in [0.1, 0.15) is 5.65 Å². The predicted molar refractivity (Wildman–Crippen MR) is 67.7 cm³/mol. The van der Waals surface area contributed by atoms with Gasteiger partial charge in [0.25, 0.3) is 0 Å². The van der Waals surface area contributed by atoms with Crippen LogP contribution in [0.25, 0.3) is 16.2 Å². The number of nitrogens with zero attached hydrogens (tertiary/aromatic N) is 2. The second-order valence-electron chi connectivity index (χ2n) is 3.76. The molecular formula is C12H11N3S. The number of nitrogen functional groups attached to an aromatic ring is 1. The zero-order valence-electron chi connectivity index (χ0n) is 8.84. The fourth-order valence-electron chi connectivity index (χ4n) is 1.69. The number of nitrogens with two attached hydrogens (primary N) is 1. The average Bonchev–Trinajstić information content (AvgIpc) is 2.83. The molecule has 16 heavy (non-hydrogen) atoms. The molecule has 0 atom stereocenters. The molecule has 3 aromatic heterocycles. The van der Waals surface area contributed by atoms with Crippen LogP contribution in [0.5, 0.6) is 0 Å². The molecule has 0 saturated carbocycles. The highest BCUT2D eigenvalue weighted by atomic mass is 32.1. The number of imidazole rings is 1. The smallest absolute Gasteiger partial charge is 0.139 e. The molecule has 0 aliphatic carbocycles. The predicted octanol–water partition coefficient (Wildman–Crippen LogP) is 2.95. The molecule has 2 N–H and O–H groups in total. The molecule has 0 fully saturated rings. The Kier molecular flexibility index (Phi) is 1.97. The van der Waals surface area contributed by atoms with E-state index < -0.39 is 0 Å². The zero-order chi connectivity index (χ0) is 11.1. The normalized spacial score (nSPS) is 11.1. The van der Waals surface area contributed by atoms with Gasteiger partial charge in [-0.25, -0.2) is 4.98 Å². The third-order valence-electron chi connectivity index (χ3n) is 2.48. The van der Waals surface area contributed by atoms with E-state index >= 15 is 0 Å². The number of aryl methyl sites for hydroxylation is 1. The van der Waals surface area contributed by atoms with Crippen molar-refractivity contribution in [3.05, 3.63) is 41.5 Å². The quantitative estimate of drug-likeness (QED) is 0.697. The van der Waals surface area contributed by atoms with E-state index in [1.165, 1.54) is 9.75 Å². The maximum atomic E-state index is 5.73. The van der Waals surface area contributed by atoms with E-state index in [9.17, 15) is 0 Å². The highest BCUT2D eigenvalue weighted by Crippen LogP contribution is 2.27. The molecule has 0 spiro atoms. The first kappa shape index (κ1) is 9.42. The summed E-state index contributed by atoms with van der Waals surface area (Å²) in [5, 5.41) is 0. The first-order chi connectivity index (χ1) is 7.72. The Hall–Kier alpha value is -1.81. The lowest BCUT2D eigenvalue weighted by Gasteiger charge is -1.92. The first-order valence-electron chi connectivity index (χ1n) is 5.03. The van der Waals surface area contributed by atoms with Crippen LogP contribution in [0.15, 0.2) is 36.7 Å². The molecule has 80 valence electrons. The third kappa shape index (κ3) is 1.47. The molecule has 3 nitrogen and oxygen atoms in total. The SMILES string of the molecule is Cc1ccc(-c2cn3ccc(N)cc3n2)s1. The van der Waals surface area contributed by atoms with Crippen molar-refractivity contribution in [2.75, 3.05) is 5.73 Å². The molecule has 0 unspecified atom stereocenters. The molecular weight excluding hydrogens is 218 g/mol. The van der Waals surface area contributed by atoms with Crippen molar-refractivity contribution in [2.45, 2.75) is 6.92 Å². The summed E-state index contributed by atoms with van der Waals surface area (Å²) in [6.07, 6.45) is 3.96. The first-order valence-corrected chi connectivity index (χ1v) is 5.85. The maximum absolute atomic E-state index is 5.73. The standard InChI is InChI=1S/C12H11N3S/c1-8-2-3-11(16-8)10-7-15-5-4-9(13)6-12(15)14-10/h2-7H,13H2,1H3. The van der Waals surface area contributed by atoms with Gasteiger partial charge in [0, 0.05) is 29.0 Å². The van der Waals surface area contributed by atoms with Gasteiger partial charge >= 0.3 is 0 Å². The fourth-order valence-corrected chi connectivity index (χ4v) is 2.51. The van der Waals surface area contributed by atoms with Crippen LogP contribution in [0.4, 0.5) is 5.69 Å². The second-order valence-corrected chi connectivity index (χ2v) is 5.05. The number of anilines is 1. The van der Waals surface area contributed by atoms with Crippen LogP contribution in [0.1, 0.15) is 4.88 Å². The number of thiophene rings is 1. The lowest BCUT2D eigenvalue weighted by Crippen LogP contribution is -1.87. The Morgan fingerprint density at radius 1 is 1.31 bits per heavy atom. The van der Waals surface area contributed by atoms with Gasteiger partial charge in [-0.05, 0) is 25.1 Å². The monoisotopic (exact) mass is 229 g/mol. The highest BCUT2D eigenvalue weighted by Gasteiger charge is 2.06. The van der Waals surface area contributed by atoms with Crippen LogP contribution >= 0.6 is 11.3 Å². The molecule has 0 bridgehead atoms. The zero-order valence-corrected chi connectivity index (χ0v) is 9.66. The molecule has 4 heteroatoms. The van der Waals surface area contributed by atoms with Crippen LogP contribution in [0.3, 0.4) is 0 Å². The third-order valence-corrected chi connectivity index (χ3v) is 3.50. The molecule has 0 saturated heterocycles. The van der Waals surface area contributed by atoms with Crippen molar-refractivity contribution in [3.8, 4) is 10.6 Å². The van der Waals surface area contributed by atoms with Gasteiger partial charge in [0.15, 0.2) is 0 Å². The van der Waals surface area contributed by atoms with Crippen molar-refractivity contribution in [1.29, 1.82) is 0 Å². The van der Waals surface area contributed by atoms with Gasteiger partial charge in [0.2, 0.25) is 0 Å². The summed E-state index contributed by atoms with van der Waals surface area (Å²) in [6.45, 7) is 2.10. The lowest BCUT2D eigenvalue weighted by atomic mass is 10.4. The Bertz CT molecular complexity index is 651. The van der Waals surface area contributed by atoms with Crippen LogP contribution in [0, 0.1) is 6.92 Å². The Balaban J connectivity index is 2.18. The fraction of sp³-hybridized carbons (Fsp3) is 0.0833. The van der Waals surface area contributed by atoms with Gasteiger partial charge in [-0.1, -0.05) is 0 Å². The summed E-state index contributed by atoms with van der Waals surface area (Å²) in [4.78, 5) is 7.04. The van der Waals surface area contributed by atoms with Gasteiger partial charge in [-0.15, -0.1) is 11.3 Å². The number of aromatic nitrogens is 2. The number of rotatable bonds is 1. The Morgan fingerprint density at radius 2 is 2.19 bits per heavy atom. The van der Waals surface area contributed by atoms with E-state index in [1.807, 2.05) is 28.9 Å². The van der Waals surface area contributed by atoms with E-state index in [1.54, 1.807) is 11.3 Å². The Morgan fingerprint density at radius 3 is 2.94 bits per heavy atom. The van der Waals surface area contributed by atoms with Crippen LogP contribution in [-0.2, 0) is 0 Å². The highest BCUT2D eigenvalue weighted by molar-refractivity contribution is 7.15. The molecule has 0 aliphatic rings. The second kappa shape index (κ2) is 3.35. The van der Waals surface area contributed by atoms with Crippen LogP contribution < -0.4 is 5.73 Å². The van der Waals surface area contributed by atoms with Gasteiger partial charge in [-0.2, -0.15) is 0 Å². The number of pyridine rings is 1. The summed E-state index contributed by atoms with van der Waals surface area (Å²) in [5.41, 5.74) is 8.36. The molecule has 0 aliphatic heterocycles. The van der Waals surface area contributed by atoms with E-state index in [-0.39, 0.29) is 0 Å². The Labute approximate surface area is 97.2 Å². The molecule has 0 radical (unpaired) electrons. The maximum Gasteiger partial charge on any atom is 0.139 e. The topological polar surface area (TPSA) is 43.3 Å². The van der Waals surface area contributed by atoms with E-state index in [0.717, 1.165) is 17.0 Å². The number of fused-ring (bicyclic) bond motifs is 1. The van der Waals surface area contributed by atoms with E-state index in [4.69, 9.17) is 5.73 Å². The van der Waals surface area contributed by atoms with Crippen molar-refractivity contribution >= 4 is 22.7 Å². The largest absolute Gasteiger partial charge is 0.399 e. The average molecular weight is 229 g/mol. The summed E-state index contributed by atoms with van der Waals surface area (Å²) >= 11 is 1.75. The van der Waals surface area contributed by atoms with E-state index in [0.29, 0.717) is 0 Å². The van der Waals surface area contributed by atoms with Crippen LogP contribution in [0.2, 0.25) is 0 Å². The molecule has 3 heterocycles. The summed E-state index contributed by atoms with van der Waals surface area (Å²) in [5.74, 6) is 0. The van der Waals surface area contributed by atoms with Gasteiger partial charge < -0.3 is 10.1 Å². The van der Waals surface area contributed by atoms with Gasteiger partial charge in [-0.3, -0.25) is 0 Å². The van der Waals surface area contributed by atoms with Crippen molar-refractivity contribution in [2.24, 2.45) is 0 Å². The molecule has 0 amide bonds. The molecule has 3 aromatic rings. The van der Waals surface area contributed by atoms with Crippen molar-refractivity contribution in [1.82, 2.24) is 9.38 Å². The lowest BCUT2D eigenvalue weighted by molar-refractivity contribution is 1.19. The summed E-state index contributed by atoms with van der Waals surface area (Å²) < 4.78 is 1.99. The summed E-state index contributed by atoms with van der Waals surface area (Å²) in [6, 6.07) is 7.96. The van der Waals surface area contributed by atoms with Crippen LogP contribution in [-0.4, -0.2) is 9.38 Å². The minimum absolute atomic E-state index is 0.743. The molecule has 3 rings (SSSR count). The molecule has 0 aromatic carbocycles. The van der Waals surface area contributed by atoms with Crippen molar-refractivity contribution < 1.29 is 0 Å².